The molecule has 0 aromatic heterocycles. The van der Waals surface area contributed by atoms with Crippen molar-refractivity contribution in [3.63, 3.8) is 0 Å². The van der Waals surface area contributed by atoms with Crippen LogP contribution in [-0.4, -0.2) is 35.7 Å². The average Bonchev–Trinajstić information content (AvgIpc) is 2.66. The van der Waals surface area contributed by atoms with E-state index in [2.05, 4.69) is 32.6 Å². The van der Waals surface area contributed by atoms with Crippen molar-refractivity contribution in [2.45, 2.75) is 78.7 Å². The number of hydrogen-bond donors (Lipinski definition) is 1. The Hall–Kier alpha value is -0.0800. The highest BCUT2D eigenvalue weighted by atomic mass is 16.3. The molecule has 1 saturated carbocycles. The standard InChI is InChI=1S/C19H37NO/c1-5-15-8-9-18(21)16(13-15)14-20-11-6-7-17(10-12-20)19(2,3)4/h15-18,21H,5-14H2,1-4H3. The molecular formula is C19H37NO. The van der Waals surface area contributed by atoms with Gasteiger partial charge in [-0.15, -0.1) is 0 Å². The van der Waals surface area contributed by atoms with Crippen LogP contribution in [0.15, 0.2) is 0 Å². The van der Waals surface area contributed by atoms with Gasteiger partial charge in [-0.1, -0.05) is 34.1 Å². The van der Waals surface area contributed by atoms with E-state index in [0.717, 1.165) is 24.8 Å². The molecule has 0 spiro atoms. The molecule has 0 aromatic rings. The Bertz CT molecular complexity index is 309. The molecule has 124 valence electrons. The number of hydrogen-bond acceptors (Lipinski definition) is 2. The van der Waals surface area contributed by atoms with Crippen molar-refractivity contribution >= 4 is 0 Å². The van der Waals surface area contributed by atoms with E-state index in [4.69, 9.17) is 0 Å². The van der Waals surface area contributed by atoms with Crippen molar-refractivity contribution < 1.29 is 5.11 Å². The third-order valence-corrected chi connectivity index (χ3v) is 6.17. The van der Waals surface area contributed by atoms with E-state index < -0.39 is 0 Å². The van der Waals surface area contributed by atoms with Gasteiger partial charge in [0.25, 0.3) is 0 Å². The minimum absolute atomic E-state index is 0.0468. The maximum atomic E-state index is 10.3. The van der Waals surface area contributed by atoms with Crippen molar-refractivity contribution in [2.24, 2.45) is 23.2 Å². The van der Waals surface area contributed by atoms with Gasteiger partial charge in [0, 0.05) is 6.54 Å². The molecule has 0 amide bonds. The van der Waals surface area contributed by atoms with Crippen molar-refractivity contribution in [2.75, 3.05) is 19.6 Å². The highest BCUT2D eigenvalue weighted by molar-refractivity contribution is 4.84. The summed E-state index contributed by atoms with van der Waals surface area (Å²) in [5, 5.41) is 10.3. The number of aliphatic hydroxyl groups is 1. The van der Waals surface area contributed by atoms with Gasteiger partial charge in [-0.25, -0.2) is 0 Å². The van der Waals surface area contributed by atoms with Crippen molar-refractivity contribution in [1.82, 2.24) is 4.90 Å². The lowest BCUT2D eigenvalue weighted by molar-refractivity contribution is 0.0268. The van der Waals surface area contributed by atoms with E-state index in [1.165, 1.54) is 51.6 Å². The summed E-state index contributed by atoms with van der Waals surface area (Å²) in [5.41, 5.74) is 0.452. The molecule has 2 fully saturated rings. The number of likely N-dealkylation sites (tertiary alicyclic amines) is 1. The summed E-state index contributed by atoms with van der Waals surface area (Å²) >= 11 is 0. The van der Waals surface area contributed by atoms with E-state index >= 15 is 0 Å². The third kappa shape index (κ3) is 4.96. The van der Waals surface area contributed by atoms with Gasteiger partial charge < -0.3 is 10.0 Å². The average molecular weight is 296 g/mol. The van der Waals surface area contributed by atoms with E-state index in [9.17, 15) is 5.11 Å². The highest BCUT2D eigenvalue weighted by Gasteiger charge is 2.32. The molecule has 4 atom stereocenters. The molecule has 1 N–H and O–H groups in total. The quantitative estimate of drug-likeness (QED) is 0.838. The van der Waals surface area contributed by atoms with Gasteiger partial charge in [0.1, 0.15) is 0 Å². The zero-order chi connectivity index (χ0) is 15.5. The predicted molar refractivity (Wildman–Crippen MR) is 90.4 cm³/mol. The summed E-state index contributed by atoms with van der Waals surface area (Å²) in [6, 6.07) is 0. The maximum absolute atomic E-state index is 10.3. The first kappa shape index (κ1) is 17.3. The molecular weight excluding hydrogens is 258 g/mol. The van der Waals surface area contributed by atoms with Crippen molar-refractivity contribution in [3.8, 4) is 0 Å². The fourth-order valence-corrected chi connectivity index (χ4v) is 4.45. The van der Waals surface area contributed by atoms with Crippen LogP contribution in [-0.2, 0) is 0 Å². The van der Waals surface area contributed by atoms with Crippen LogP contribution in [0.25, 0.3) is 0 Å². The van der Waals surface area contributed by atoms with Crippen LogP contribution >= 0.6 is 0 Å². The SMILES string of the molecule is CCC1CCC(O)C(CN2CCCC(C(C)(C)C)CC2)C1. The molecule has 4 unspecified atom stereocenters. The second kappa shape index (κ2) is 7.46. The first-order valence-electron chi connectivity index (χ1n) is 9.30. The largest absolute Gasteiger partial charge is 0.393 e. The zero-order valence-electron chi connectivity index (χ0n) is 14.8. The van der Waals surface area contributed by atoms with Gasteiger partial charge in [0.15, 0.2) is 0 Å². The zero-order valence-corrected chi connectivity index (χ0v) is 14.8. The first-order chi connectivity index (χ1) is 9.90. The molecule has 1 saturated heterocycles. The molecule has 2 rings (SSSR count). The Kier molecular flexibility index (Phi) is 6.14. The molecule has 2 heteroatoms. The lowest BCUT2D eigenvalue weighted by atomic mass is 9.76. The predicted octanol–water partition coefficient (Wildman–Crippen LogP) is 4.32. The summed E-state index contributed by atoms with van der Waals surface area (Å²) in [6.07, 6.45) is 8.80. The lowest BCUT2D eigenvalue weighted by Crippen LogP contribution is -2.39. The molecule has 0 radical (unpaired) electrons. The van der Waals surface area contributed by atoms with Crippen LogP contribution in [0.5, 0.6) is 0 Å². The number of nitrogens with zero attached hydrogens (tertiary/aromatic N) is 1. The Morgan fingerprint density at radius 2 is 1.81 bits per heavy atom. The van der Waals surface area contributed by atoms with Gasteiger partial charge in [-0.2, -0.15) is 0 Å². The first-order valence-corrected chi connectivity index (χ1v) is 9.30. The van der Waals surface area contributed by atoms with Crippen LogP contribution in [0.4, 0.5) is 0 Å². The Morgan fingerprint density at radius 1 is 1.05 bits per heavy atom. The molecule has 2 aliphatic rings. The van der Waals surface area contributed by atoms with Crippen LogP contribution < -0.4 is 0 Å². The summed E-state index contributed by atoms with van der Waals surface area (Å²) in [7, 11) is 0. The van der Waals surface area contributed by atoms with Gasteiger partial charge in [-0.3, -0.25) is 0 Å². The van der Waals surface area contributed by atoms with E-state index in [1.54, 1.807) is 0 Å². The highest BCUT2D eigenvalue weighted by Crippen LogP contribution is 2.36. The molecule has 1 aliphatic heterocycles. The van der Waals surface area contributed by atoms with Crippen molar-refractivity contribution in [1.29, 1.82) is 0 Å². The van der Waals surface area contributed by atoms with Crippen LogP contribution in [0.1, 0.15) is 72.6 Å². The monoisotopic (exact) mass is 295 g/mol. The summed E-state index contributed by atoms with van der Waals surface area (Å²) < 4.78 is 0. The minimum atomic E-state index is -0.0468. The Balaban J connectivity index is 1.85. The minimum Gasteiger partial charge on any atom is -0.393 e. The Morgan fingerprint density at radius 3 is 2.48 bits per heavy atom. The Labute approximate surface area is 132 Å². The van der Waals surface area contributed by atoms with Gasteiger partial charge >= 0.3 is 0 Å². The van der Waals surface area contributed by atoms with Gasteiger partial charge in [0.05, 0.1) is 6.10 Å². The number of aliphatic hydroxyl groups excluding tert-OH is 1. The normalized spacial score (nSPS) is 36.4. The van der Waals surface area contributed by atoms with Gasteiger partial charge in [-0.05, 0) is 74.8 Å². The molecule has 0 aromatic carbocycles. The lowest BCUT2D eigenvalue weighted by Gasteiger charge is -2.36. The molecule has 1 aliphatic carbocycles. The molecule has 0 bridgehead atoms. The fourth-order valence-electron chi connectivity index (χ4n) is 4.45. The fraction of sp³-hybridized carbons (Fsp3) is 1.00. The van der Waals surface area contributed by atoms with Crippen LogP contribution in [0.2, 0.25) is 0 Å². The maximum Gasteiger partial charge on any atom is 0.0580 e. The van der Waals surface area contributed by atoms with Gasteiger partial charge in [0.2, 0.25) is 0 Å². The van der Waals surface area contributed by atoms with E-state index in [0.29, 0.717) is 11.3 Å². The topological polar surface area (TPSA) is 23.5 Å². The molecule has 1 heterocycles. The van der Waals surface area contributed by atoms with E-state index in [-0.39, 0.29) is 6.10 Å². The van der Waals surface area contributed by atoms with E-state index in [1.807, 2.05) is 0 Å². The smallest absolute Gasteiger partial charge is 0.0580 e. The second-order valence-electron chi connectivity index (χ2n) is 8.71. The second-order valence-corrected chi connectivity index (χ2v) is 8.71. The summed E-state index contributed by atoms with van der Waals surface area (Å²) in [5.74, 6) is 2.24. The number of rotatable bonds is 3. The summed E-state index contributed by atoms with van der Waals surface area (Å²) in [4.78, 5) is 2.65. The molecule has 21 heavy (non-hydrogen) atoms. The van der Waals surface area contributed by atoms with Crippen molar-refractivity contribution in [3.05, 3.63) is 0 Å². The summed E-state index contributed by atoms with van der Waals surface area (Å²) in [6.45, 7) is 13.1. The molecule has 2 nitrogen and oxygen atoms in total. The van der Waals surface area contributed by atoms with Crippen LogP contribution in [0.3, 0.4) is 0 Å². The van der Waals surface area contributed by atoms with Crippen LogP contribution in [0, 0.1) is 23.2 Å². The third-order valence-electron chi connectivity index (χ3n) is 6.17.